The molecule has 1 aromatic carbocycles. The maximum atomic E-state index is 9.14. The molecule has 5 heteroatoms. The van der Waals surface area contributed by atoms with Gasteiger partial charge in [-0.15, -0.1) is 0 Å². The van der Waals surface area contributed by atoms with Gasteiger partial charge in [-0.3, -0.25) is 0 Å². The van der Waals surface area contributed by atoms with E-state index in [4.69, 9.17) is 9.68 Å². The van der Waals surface area contributed by atoms with Crippen molar-refractivity contribution in [3.63, 3.8) is 0 Å². The Labute approximate surface area is 134 Å². The van der Waals surface area contributed by atoms with Gasteiger partial charge in [-0.2, -0.15) is 5.26 Å². The molecule has 2 aromatic rings. The van der Waals surface area contributed by atoms with Crippen LogP contribution >= 0.6 is 31.9 Å². The average molecular weight is 396 g/mol. The minimum atomic E-state index is 0.357. The van der Waals surface area contributed by atoms with Crippen molar-refractivity contribution in [2.45, 2.75) is 20.8 Å². The number of furan rings is 1. The number of benzene rings is 1. The third kappa shape index (κ3) is 2.87. The van der Waals surface area contributed by atoms with E-state index in [0.29, 0.717) is 11.4 Å². The summed E-state index contributed by atoms with van der Waals surface area (Å²) in [6.45, 7) is 5.70. The molecule has 2 rings (SSSR count). The SMILES string of the molecule is Cc1oc(N=Cc2cc(Br)c(C)c(Br)c2)c(C#N)c1C. The van der Waals surface area contributed by atoms with Crippen molar-refractivity contribution >= 4 is 44.0 Å². The van der Waals surface area contributed by atoms with Crippen LogP contribution < -0.4 is 0 Å². The Morgan fingerprint density at radius 3 is 2.30 bits per heavy atom. The van der Waals surface area contributed by atoms with Crippen molar-refractivity contribution in [1.82, 2.24) is 0 Å². The van der Waals surface area contributed by atoms with Crippen LogP contribution in [-0.4, -0.2) is 6.21 Å². The Morgan fingerprint density at radius 2 is 1.75 bits per heavy atom. The summed E-state index contributed by atoms with van der Waals surface area (Å²) in [5, 5.41) is 9.14. The molecule has 102 valence electrons. The number of nitriles is 1. The Bertz CT molecular complexity index is 716. The molecule has 0 atom stereocenters. The average Bonchev–Trinajstić information content (AvgIpc) is 2.68. The van der Waals surface area contributed by atoms with E-state index in [-0.39, 0.29) is 0 Å². The van der Waals surface area contributed by atoms with Crippen LogP contribution in [0.2, 0.25) is 0 Å². The zero-order valence-corrected chi connectivity index (χ0v) is 14.5. The predicted octanol–water partition coefficient (Wildman–Crippen LogP) is 5.35. The molecule has 0 aliphatic heterocycles. The molecule has 1 aromatic heterocycles. The summed E-state index contributed by atoms with van der Waals surface area (Å²) in [7, 11) is 0. The highest BCUT2D eigenvalue weighted by atomic mass is 79.9. The zero-order valence-electron chi connectivity index (χ0n) is 11.3. The molecule has 1 heterocycles. The summed E-state index contributed by atoms with van der Waals surface area (Å²) < 4.78 is 7.50. The first kappa shape index (κ1) is 15.0. The zero-order chi connectivity index (χ0) is 14.9. The van der Waals surface area contributed by atoms with Gasteiger partial charge in [-0.05, 0) is 44.0 Å². The lowest BCUT2D eigenvalue weighted by Crippen LogP contribution is -1.86. The molecule has 0 fully saturated rings. The van der Waals surface area contributed by atoms with Gasteiger partial charge >= 0.3 is 0 Å². The molecule has 0 N–H and O–H groups in total. The fourth-order valence-electron chi connectivity index (χ4n) is 1.70. The highest BCUT2D eigenvalue weighted by Gasteiger charge is 2.13. The summed E-state index contributed by atoms with van der Waals surface area (Å²) >= 11 is 7.00. The van der Waals surface area contributed by atoms with Gasteiger partial charge in [0, 0.05) is 20.7 Å². The summed E-state index contributed by atoms with van der Waals surface area (Å²) in [6.07, 6.45) is 1.69. The minimum Gasteiger partial charge on any atom is -0.442 e. The maximum absolute atomic E-state index is 9.14. The van der Waals surface area contributed by atoms with Gasteiger partial charge in [0.05, 0.1) is 0 Å². The van der Waals surface area contributed by atoms with Crippen LogP contribution in [0.3, 0.4) is 0 Å². The molecule has 0 spiro atoms. The first-order valence-corrected chi connectivity index (χ1v) is 7.52. The van der Waals surface area contributed by atoms with E-state index >= 15 is 0 Å². The molecule has 20 heavy (non-hydrogen) atoms. The fraction of sp³-hybridized carbons (Fsp3) is 0.200. The van der Waals surface area contributed by atoms with Gasteiger partial charge in [-0.1, -0.05) is 31.9 Å². The summed E-state index contributed by atoms with van der Waals surface area (Å²) in [5.41, 5.74) is 3.38. The van der Waals surface area contributed by atoms with E-state index in [1.54, 1.807) is 6.21 Å². The first-order chi connectivity index (χ1) is 9.43. The van der Waals surface area contributed by atoms with Gasteiger partial charge in [0.15, 0.2) is 0 Å². The van der Waals surface area contributed by atoms with E-state index in [0.717, 1.165) is 31.4 Å². The van der Waals surface area contributed by atoms with Crippen LogP contribution in [0, 0.1) is 32.1 Å². The molecule has 0 bridgehead atoms. The number of halogens is 2. The third-order valence-corrected chi connectivity index (χ3v) is 4.76. The summed E-state index contributed by atoms with van der Waals surface area (Å²) in [6, 6.07) is 6.07. The van der Waals surface area contributed by atoms with E-state index in [9.17, 15) is 0 Å². The normalized spacial score (nSPS) is 11.0. The van der Waals surface area contributed by atoms with E-state index < -0.39 is 0 Å². The van der Waals surface area contributed by atoms with Crippen molar-refractivity contribution in [1.29, 1.82) is 5.26 Å². The monoisotopic (exact) mass is 394 g/mol. The number of hydrogen-bond acceptors (Lipinski definition) is 3. The summed E-state index contributed by atoms with van der Waals surface area (Å²) in [4.78, 5) is 4.28. The van der Waals surface area contributed by atoms with Crippen LogP contribution in [0.5, 0.6) is 0 Å². The number of rotatable bonds is 2. The van der Waals surface area contributed by atoms with Crippen molar-refractivity contribution in [3.8, 4) is 6.07 Å². The second kappa shape index (κ2) is 5.94. The number of aryl methyl sites for hydroxylation is 1. The maximum Gasteiger partial charge on any atom is 0.237 e. The van der Waals surface area contributed by atoms with Gasteiger partial charge in [0.2, 0.25) is 5.88 Å². The predicted molar refractivity (Wildman–Crippen MR) is 86.7 cm³/mol. The van der Waals surface area contributed by atoms with Crippen LogP contribution in [0.15, 0.2) is 30.5 Å². The quantitative estimate of drug-likeness (QED) is 0.643. The third-order valence-electron chi connectivity index (χ3n) is 3.11. The van der Waals surface area contributed by atoms with Crippen molar-refractivity contribution in [2.75, 3.05) is 0 Å². The van der Waals surface area contributed by atoms with Gasteiger partial charge in [-0.25, -0.2) is 4.99 Å². The Balaban J connectivity index is 2.40. The standard InChI is InChI=1S/C15H12Br2N2O/c1-8-10(3)20-15(12(8)6-18)19-7-11-4-13(16)9(2)14(17)5-11/h4-5,7H,1-3H3. The number of nitrogens with zero attached hydrogens (tertiary/aromatic N) is 2. The smallest absolute Gasteiger partial charge is 0.237 e. The van der Waals surface area contributed by atoms with Crippen molar-refractivity contribution in [2.24, 2.45) is 4.99 Å². The van der Waals surface area contributed by atoms with Crippen molar-refractivity contribution in [3.05, 3.63) is 49.1 Å². The molecule has 0 amide bonds. The van der Waals surface area contributed by atoms with Gasteiger partial charge in [0.1, 0.15) is 17.4 Å². The minimum absolute atomic E-state index is 0.357. The van der Waals surface area contributed by atoms with Gasteiger partial charge in [0.25, 0.3) is 0 Å². The molecule has 0 aliphatic carbocycles. The molecule has 0 unspecified atom stereocenters. The molecule has 0 saturated heterocycles. The molecule has 3 nitrogen and oxygen atoms in total. The Morgan fingerprint density at radius 1 is 1.15 bits per heavy atom. The summed E-state index contributed by atoms with van der Waals surface area (Å²) in [5.74, 6) is 1.08. The Hall–Kier alpha value is -1.38. The van der Waals surface area contributed by atoms with Crippen molar-refractivity contribution < 1.29 is 4.42 Å². The van der Waals surface area contributed by atoms with E-state index in [1.807, 2.05) is 32.9 Å². The van der Waals surface area contributed by atoms with Gasteiger partial charge < -0.3 is 4.42 Å². The van der Waals surface area contributed by atoms with Crippen LogP contribution in [-0.2, 0) is 0 Å². The highest BCUT2D eigenvalue weighted by Crippen LogP contribution is 2.29. The van der Waals surface area contributed by atoms with Crippen LogP contribution in [0.1, 0.15) is 28.0 Å². The van der Waals surface area contributed by atoms with Crippen LogP contribution in [0.4, 0.5) is 5.88 Å². The largest absolute Gasteiger partial charge is 0.442 e. The second-order valence-electron chi connectivity index (χ2n) is 4.44. The lowest BCUT2D eigenvalue weighted by molar-refractivity contribution is 0.542. The number of aliphatic imine (C=N–C) groups is 1. The topological polar surface area (TPSA) is 49.3 Å². The molecule has 0 aliphatic rings. The highest BCUT2D eigenvalue weighted by molar-refractivity contribution is 9.11. The lowest BCUT2D eigenvalue weighted by atomic mass is 10.1. The molecule has 0 saturated carbocycles. The number of hydrogen-bond donors (Lipinski definition) is 0. The van der Waals surface area contributed by atoms with E-state index in [2.05, 4.69) is 42.9 Å². The molecular formula is C15H12Br2N2O. The Kier molecular flexibility index (Phi) is 4.46. The molecular weight excluding hydrogens is 384 g/mol. The van der Waals surface area contributed by atoms with E-state index in [1.165, 1.54) is 0 Å². The van der Waals surface area contributed by atoms with Crippen LogP contribution in [0.25, 0.3) is 0 Å². The molecule has 0 radical (unpaired) electrons. The second-order valence-corrected chi connectivity index (χ2v) is 6.15. The fourth-order valence-corrected chi connectivity index (χ4v) is 2.93. The lowest BCUT2D eigenvalue weighted by Gasteiger charge is -2.02. The first-order valence-electron chi connectivity index (χ1n) is 5.94.